The number of aryl methyl sites for hydroxylation is 1. The molecule has 1 aliphatic heterocycles. The Bertz CT molecular complexity index is 961. The fourth-order valence-electron chi connectivity index (χ4n) is 3.05. The van der Waals surface area contributed by atoms with Gasteiger partial charge in [-0.15, -0.1) is 0 Å². The number of nitrogens with zero attached hydrogens (tertiary/aromatic N) is 6. The van der Waals surface area contributed by atoms with E-state index >= 15 is 0 Å². The summed E-state index contributed by atoms with van der Waals surface area (Å²) < 4.78 is 0. The first kappa shape index (κ1) is 18.4. The maximum absolute atomic E-state index is 13.3. The van der Waals surface area contributed by atoms with Crippen LogP contribution in [0.3, 0.4) is 0 Å². The van der Waals surface area contributed by atoms with Gasteiger partial charge in [0.2, 0.25) is 0 Å². The Morgan fingerprint density at radius 1 is 1.11 bits per heavy atom. The molecule has 0 saturated carbocycles. The fourth-order valence-corrected chi connectivity index (χ4v) is 3.17. The Morgan fingerprint density at radius 2 is 1.93 bits per heavy atom. The molecule has 4 rings (SSSR count). The van der Waals surface area contributed by atoms with E-state index in [2.05, 4.69) is 15.2 Å². The predicted octanol–water partition coefficient (Wildman–Crippen LogP) is 2.52. The third-order valence-corrected chi connectivity index (χ3v) is 4.68. The lowest BCUT2D eigenvalue weighted by atomic mass is 10.1. The van der Waals surface area contributed by atoms with Gasteiger partial charge in [-0.2, -0.15) is 15.0 Å². The highest BCUT2D eigenvalue weighted by molar-refractivity contribution is 6.30. The highest BCUT2D eigenvalue weighted by Crippen LogP contribution is 2.20. The highest BCUT2D eigenvalue weighted by Gasteiger charge is 2.24. The van der Waals surface area contributed by atoms with Gasteiger partial charge in [-0.3, -0.25) is 9.63 Å². The summed E-state index contributed by atoms with van der Waals surface area (Å²) >= 11 is 5.90. The van der Waals surface area contributed by atoms with Gasteiger partial charge in [-0.25, -0.2) is 10.0 Å². The Hall–Kier alpha value is -2.97. The summed E-state index contributed by atoms with van der Waals surface area (Å²) in [7, 11) is 0. The lowest BCUT2D eigenvalue weighted by Crippen LogP contribution is -2.36. The SMILES string of the molecule is Cc1ccc(-n2nccn2)c(C(=O)N2CCON(c3ccc(Cl)cn3)CC2)c1. The van der Waals surface area contributed by atoms with Gasteiger partial charge in [-0.1, -0.05) is 23.2 Å². The number of hydrogen-bond donors (Lipinski definition) is 0. The van der Waals surface area contributed by atoms with E-state index in [1.54, 1.807) is 40.7 Å². The van der Waals surface area contributed by atoms with Crippen LogP contribution in [0, 0.1) is 6.92 Å². The van der Waals surface area contributed by atoms with E-state index in [9.17, 15) is 4.79 Å². The van der Waals surface area contributed by atoms with E-state index < -0.39 is 0 Å². The monoisotopic (exact) mass is 398 g/mol. The number of aromatic nitrogens is 4. The van der Waals surface area contributed by atoms with Crippen molar-refractivity contribution in [2.75, 3.05) is 31.3 Å². The van der Waals surface area contributed by atoms with Gasteiger partial charge in [-0.05, 0) is 31.2 Å². The summed E-state index contributed by atoms with van der Waals surface area (Å²) in [4.78, 5) is 26.5. The molecule has 0 atom stereocenters. The van der Waals surface area contributed by atoms with Crippen molar-refractivity contribution in [2.45, 2.75) is 6.92 Å². The molecule has 2 aromatic heterocycles. The molecule has 0 N–H and O–H groups in total. The van der Waals surface area contributed by atoms with E-state index in [1.165, 1.54) is 4.80 Å². The van der Waals surface area contributed by atoms with Crippen molar-refractivity contribution in [3.8, 4) is 5.69 Å². The topological polar surface area (TPSA) is 76.4 Å². The molecular weight excluding hydrogens is 380 g/mol. The number of anilines is 1. The van der Waals surface area contributed by atoms with E-state index in [0.29, 0.717) is 48.3 Å². The molecule has 28 heavy (non-hydrogen) atoms. The van der Waals surface area contributed by atoms with Crippen LogP contribution in [-0.4, -0.2) is 57.0 Å². The van der Waals surface area contributed by atoms with Crippen LogP contribution in [0.15, 0.2) is 48.9 Å². The largest absolute Gasteiger partial charge is 0.334 e. The summed E-state index contributed by atoms with van der Waals surface area (Å²) in [6.07, 6.45) is 4.75. The van der Waals surface area contributed by atoms with E-state index in [1.807, 2.05) is 25.1 Å². The fraction of sp³-hybridized carbons (Fsp3) is 0.263. The van der Waals surface area contributed by atoms with Crippen molar-refractivity contribution in [2.24, 2.45) is 0 Å². The predicted molar refractivity (Wildman–Crippen MR) is 105 cm³/mol. The van der Waals surface area contributed by atoms with Crippen LogP contribution in [0.4, 0.5) is 5.82 Å². The van der Waals surface area contributed by atoms with Crippen LogP contribution < -0.4 is 5.06 Å². The van der Waals surface area contributed by atoms with Gasteiger partial charge in [0.15, 0.2) is 5.82 Å². The van der Waals surface area contributed by atoms with Crippen molar-refractivity contribution in [1.29, 1.82) is 0 Å². The van der Waals surface area contributed by atoms with Gasteiger partial charge in [0.1, 0.15) is 0 Å². The minimum Gasteiger partial charge on any atom is -0.334 e. The second-order valence-corrected chi connectivity index (χ2v) is 6.84. The first-order valence-corrected chi connectivity index (χ1v) is 9.28. The van der Waals surface area contributed by atoms with Crippen molar-refractivity contribution in [1.82, 2.24) is 24.9 Å². The van der Waals surface area contributed by atoms with Crippen LogP contribution >= 0.6 is 11.6 Å². The molecule has 0 radical (unpaired) electrons. The molecule has 3 aromatic rings. The first-order chi connectivity index (χ1) is 13.6. The maximum Gasteiger partial charge on any atom is 0.256 e. The minimum atomic E-state index is -0.0782. The molecule has 144 valence electrons. The molecule has 3 heterocycles. The molecule has 8 nitrogen and oxygen atoms in total. The molecule has 0 spiro atoms. The lowest BCUT2D eigenvalue weighted by molar-refractivity contribution is 0.0730. The smallest absolute Gasteiger partial charge is 0.256 e. The van der Waals surface area contributed by atoms with Gasteiger partial charge in [0.05, 0.1) is 41.8 Å². The number of amides is 1. The van der Waals surface area contributed by atoms with Crippen LogP contribution in [0.25, 0.3) is 5.69 Å². The lowest BCUT2D eigenvalue weighted by Gasteiger charge is -2.22. The normalized spacial score (nSPS) is 14.8. The van der Waals surface area contributed by atoms with E-state index in [0.717, 1.165) is 5.56 Å². The first-order valence-electron chi connectivity index (χ1n) is 8.90. The van der Waals surface area contributed by atoms with Crippen molar-refractivity contribution >= 4 is 23.3 Å². The number of rotatable bonds is 3. The zero-order valence-electron chi connectivity index (χ0n) is 15.3. The molecule has 0 aliphatic carbocycles. The average Bonchev–Trinajstić information content (AvgIpc) is 3.12. The second-order valence-electron chi connectivity index (χ2n) is 6.40. The summed E-state index contributed by atoms with van der Waals surface area (Å²) in [5, 5.41) is 10.6. The highest BCUT2D eigenvalue weighted by atomic mass is 35.5. The summed E-state index contributed by atoms with van der Waals surface area (Å²) in [5.41, 5.74) is 2.22. The van der Waals surface area contributed by atoms with E-state index in [-0.39, 0.29) is 5.91 Å². The quantitative estimate of drug-likeness (QED) is 0.674. The van der Waals surface area contributed by atoms with Crippen LogP contribution in [-0.2, 0) is 4.84 Å². The minimum absolute atomic E-state index is 0.0782. The summed E-state index contributed by atoms with van der Waals surface area (Å²) in [6.45, 7) is 3.81. The number of carbonyl (C=O) groups excluding carboxylic acids is 1. The standard InChI is InChI=1S/C19H19ClN6O2/c1-14-2-4-17(26-22-6-7-23-26)16(12-14)19(27)24-8-9-25(28-11-10-24)18-5-3-15(20)13-21-18/h2-7,12-13H,8-11H2,1H3. The zero-order chi connectivity index (χ0) is 19.5. The number of hydroxylamine groups is 1. The van der Waals surface area contributed by atoms with Gasteiger partial charge in [0, 0.05) is 19.3 Å². The number of carbonyl (C=O) groups is 1. The molecule has 0 unspecified atom stereocenters. The Kier molecular flexibility index (Phi) is 5.23. The van der Waals surface area contributed by atoms with Crippen LogP contribution in [0.5, 0.6) is 0 Å². The Labute approximate surface area is 167 Å². The van der Waals surface area contributed by atoms with E-state index in [4.69, 9.17) is 16.4 Å². The second kappa shape index (κ2) is 7.95. The molecule has 1 aliphatic rings. The molecule has 0 bridgehead atoms. The number of pyridine rings is 1. The molecule has 1 aromatic carbocycles. The van der Waals surface area contributed by atoms with Crippen LogP contribution in [0.2, 0.25) is 5.02 Å². The Morgan fingerprint density at radius 3 is 2.68 bits per heavy atom. The van der Waals surface area contributed by atoms with Crippen molar-refractivity contribution in [3.63, 3.8) is 0 Å². The van der Waals surface area contributed by atoms with Crippen molar-refractivity contribution < 1.29 is 9.63 Å². The molecule has 1 saturated heterocycles. The molecule has 1 amide bonds. The van der Waals surface area contributed by atoms with Crippen molar-refractivity contribution in [3.05, 3.63) is 65.1 Å². The number of hydrogen-bond acceptors (Lipinski definition) is 6. The van der Waals surface area contributed by atoms with Gasteiger partial charge < -0.3 is 4.90 Å². The molecule has 9 heteroatoms. The summed E-state index contributed by atoms with van der Waals surface area (Å²) in [6, 6.07) is 9.22. The molecule has 1 fully saturated rings. The van der Waals surface area contributed by atoms with Gasteiger partial charge >= 0.3 is 0 Å². The Balaban J connectivity index is 1.54. The summed E-state index contributed by atoms with van der Waals surface area (Å²) in [5.74, 6) is 0.584. The third kappa shape index (κ3) is 3.83. The number of benzene rings is 1. The zero-order valence-corrected chi connectivity index (χ0v) is 16.1. The van der Waals surface area contributed by atoms with Gasteiger partial charge in [0.25, 0.3) is 5.91 Å². The molecular formula is C19H19ClN6O2. The maximum atomic E-state index is 13.3. The van der Waals surface area contributed by atoms with Crippen LogP contribution in [0.1, 0.15) is 15.9 Å². The number of halogens is 1. The average molecular weight is 399 g/mol. The third-order valence-electron chi connectivity index (χ3n) is 4.45.